The van der Waals surface area contributed by atoms with Crippen molar-refractivity contribution in [2.75, 3.05) is 21.3 Å². The molecule has 6 rings (SSSR count). The third-order valence-electron chi connectivity index (χ3n) is 11.5. The predicted molar refractivity (Wildman–Crippen MR) is 152 cm³/mol. The topological polar surface area (TPSA) is 80.8 Å². The Balaban J connectivity index is 1.31. The largest absolute Gasteiger partial charge is 0.507 e. The molecule has 40 heavy (non-hydrogen) atoms. The highest BCUT2D eigenvalue weighted by Gasteiger charge is 2.71. The normalized spacial score (nSPS) is 34.1. The Labute approximate surface area is 237 Å². The molecule has 216 valence electrons. The molecule has 1 N–H and O–H groups in total. The van der Waals surface area contributed by atoms with Crippen LogP contribution in [-0.2, 0) is 24.2 Å². The predicted octanol–water partition coefficient (Wildman–Crippen LogP) is 6.13. The van der Waals surface area contributed by atoms with Gasteiger partial charge in [-0.3, -0.25) is 4.79 Å². The van der Waals surface area contributed by atoms with Gasteiger partial charge in [0.2, 0.25) is 0 Å². The van der Waals surface area contributed by atoms with Crippen LogP contribution < -0.4 is 14.2 Å². The second-order valence-electron chi connectivity index (χ2n) is 13.2. The number of ether oxygens (including phenoxy) is 4. The van der Waals surface area contributed by atoms with E-state index in [4.69, 9.17) is 18.9 Å². The SMILES string of the molecule is COc1ccc(CN2Cc3c(cc(OC)c(C[C@]4(C)[C@@H](C)CC[C@@]5(C)[C@H]4CCC4OC45C)c3O)C2=O)cc1OC. The number of methoxy groups -OCH3 is 3. The van der Waals surface area contributed by atoms with E-state index < -0.39 is 0 Å². The van der Waals surface area contributed by atoms with Gasteiger partial charge in [0, 0.05) is 23.1 Å². The lowest BCUT2D eigenvalue weighted by Crippen LogP contribution is -2.56. The van der Waals surface area contributed by atoms with E-state index in [0.717, 1.165) is 30.4 Å². The zero-order chi connectivity index (χ0) is 28.6. The number of nitrogens with zero attached hydrogens (tertiary/aromatic N) is 1. The Kier molecular flexibility index (Phi) is 6.34. The van der Waals surface area contributed by atoms with E-state index in [1.54, 1.807) is 26.2 Å². The lowest BCUT2D eigenvalue weighted by atomic mass is 9.44. The minimum Gasteiger partial charge on any atom is -0.507 e. The van der Waals surface area contributed by atoms with Crippen LogP contribution in [-0.4, -0.2) is 48.9 Å². The molecule has 7 nitrogen and oxygen atoms in total. The van der Waals surface area contributed by atoms with Crippen LogP contribution in [0.25, 0.3) is 0 Å². The molecule has 2 aliphatic heterocycles. The minimum absolute atomic E-state index is 0.0339. The highest BCUT2D eigenvalue weighted by molar-refractivity contribution is 6.00. The third kappa shape index (κ3) is 3.76. The van der Waals surface area contributed by atoms with Crippen molar-refractivity contribution in [3.63, 3.8) is 0 Å². The summed E-state index contributed by atoms with van der Waals surface area (Å²) < 4.78 is 23.0. The summed E-state index contributed by atoms with van der Waals surface area (Å²) >= 11 is 0. The molecule has 1 amide bonds. The van der Waals surface area contributed by atoms with Crippen molar-refractivity contribution in [1.82, 2.24) is 4.90 Å². The summed E-state index contributed by atoms with van der Waals surface area (Å²) in [5, 5.41) is 11.8. The van der Waals surface area contributed by atoms with E-state index in [1.165, 1.54) is 6.42 Å². The second-order valence-corrected chi connectivity index (χ2v) is 13.2. The Hall–Kier alpha value is -2.93. The van der Waals surface area contributed by atoms with Crippen LogP contribution in [0.1, 0.15) is 80.4 Å². The van der Waals surface area contributed by atoms with Crippen LogP contribution in [0.15, 0.2) is 24.3 Å². The van der Waals surface area contributed by atoms with Crippen molar-refractivity contribution >= 4 is 5.91 Å². The molecule has 1 saturated heterocycles. The van der Waals surface area contributed by atoms with Crippen LogP contribution in [0.4, 0.5) is 0 Å². The molecule has 4 aliphatic rings. The number of phenolic OH excluding ortho intramolecular Hbond substituents is 1. The van der Waals surface area contributed by atoms with E-state index in [2.05, 4.69) is 27.7 Å². The number of hydrogen-bond donors (Lipinski definition) is 1. The quantitative estimate of drug-likeness (QED) is 0.419. The van der Waals surface area contributed by atoms with Gasteiger partial charge in [-0.05, 0) is 80.0 Å². The Morgan fingerprint density at radius 1 is 1.00 bits per heavy atom. The first-order chi connectivity index (χ1) is 19.0. The van der Waals surface area contributed by atoms with Gasteiger partial charge in [0.25, 0.3) is 5.91 Å². The number of fused-ring (bicyclic) bond motifs is 4. The maximum absolute atomic E-state index is 13.5. The Morgan fingerprint density at radius 2 is 1.73 bits per heavy atom. The van der Waals surface area contributed by atoms with E-state index >= 15 is 0 Å². The first-order valence-corrected chi connectivity index (χ1v) is 14.6. The lowest BCUT2D eigenvalue weighted by molar-refractivity contribution is -0.0982. The average molecular weight is 550 g/mol. The Morgan fingerprint density at radius 3 is 2.42 bits per heavy atom. The van der Waals surface area contributed by atoms with Gasteiger partial charge in [0.05, 0.1) is 45.1 Å². The van der Waals surface area contributed by atoms with E-state index in [9.17, 15) is 9.90 Å². The molecule has 2 aliphatic carbocycles. The standard InChI is InChI=1S/C33H43NO6/c1-19-12-13-32(3)27(10-11-28-33(32,4)40-28)31(19,2)16-22-25(38-6)15-21-23(29(22)35)18-34(30(21)36)17-20-8-9-24(37-5)26(14-20)39-7/h8-9,14-15,19,27-28,35H,10-13,16-18H2,1-7H3/t19-,27-,28?,31+,32-,33?/m0/s1. The highest BCUT2D eigenvalue weighted by atomic mass is 16.6. The highest BCUT2D eigenvalue weighted by Crippen LogP contribution is 2.70. The fraction of sp³-hybridized carbons (Fsp3) is 0.606. The molecule has 2 aromatic rings. The fourth-order valence-electron chi connectivity index (χ4n) is 8.62. The molecule has 0 aromatic heterocycles. The van der Waals surface area contributed by atoms with Gasteiger partial charge >= 0.3 is 0 Å². The zero-order valence-electron chi connectivity index (χ0n) is 24.9. The van der Waals surface area contributed by atoms with Crippen molar-refractivity contribution in [3.8, 4) is 23.0 Å². The molecular formula is C33H43NO6. The van der Waals surface area contributed by atoms with Crippen molar-refractivity contribution < 1.29 is 28.8 Å². The summed E-state index contributed by atoms with van der Waals surface area (Å²) in [4.78, 5) is 15.3. The van der Waals surface area contributed by atoms with Crippen molar-refractivity contribution in [3.05, 3.63) is 46.5 Å². The zero-order valence-corrected chi connectivity index (χ0v) is 24.9. The number of hydrogen-bond acceptors (Lipinski definition) is 6. The molecule has 3 fully saturated rings. The molecule has 2 heterocycles. The second kappa shape index (κ2) is 9.30. The summed E-state index contributed by atoms with van der Waals surface area (Å²) in [7, 11) is 4.84. The molecule has 6 atom stereocenters. The van der Waals surface area contributed by atoms with Crippen LogP contribution in [0, 0.1) is 22.7 Å². The summed E-state index contributed by atoms with van der Waals surface area (Å²) in [5.74, 6) is 2.94. The molecule has 0 radical (unpaired) electrons. The van der Waals surface area contributed by atoms with E-state index in [0.29, 0.717) is 65.8 Å². The van der Waals surface area contributed by atoms with Gasteiger partial charge in [-0.2, -0.15) is 0 Å². The fourth-order valence-corrected chi connectivity index (χ4v) is 8.62. The number of benzene rings is 2. The number of aromatic hydroxyl groups is 1. The van der Waals surface area contributed by atoms with Crippen LogP contribution >= 0.6 is 0 Å². The van der Waals surface area contributed by atoms with Gasteiger partial charge in [-0.15, -0.1) is 0 Å². The van der Waals surface area contributed by atoms with Crippen LogP contribution in [0.5, 0.6) is 23.0 Å². The minimum atomic E-state index is -0.105. The molecule has 2 saturated carbocycles. The first-order valence-electron chi connectivity index (χ1n) is 14.6. The number of carbonyl (C=O) groups excluding carboxylic acids is 1. The maximum Gasteiger partial charge on any atom is 0.255 e. The molecule has 0 spiro atoms. The number of amides is 1. The number of rotatable bonds is 7. The molecular weight excluding hydrogens is 506 g/mol. The molecule has 0 bridgehead atoms. The molecule has 2 unspecified atom stereocenters. The van der Waals surface area contributed by atoms with Crippen molar-refractivity contribution in [2.45, 2.75) is 84.6 Å². The van der Waals surface area contributed by atoms with Crippen LogP contribution in [0.2, 0.25) is 0 Å². The van der Waals surface area contributed by atoms with Gasteiger partial charge in [-0.1, -0.05) is 26.8 Å². The van der Waals surface area contributed by atoms with Crippen LogP contribution in [0.3, 0.4) is 0 Å². The number of carbonyl (C=O) groups is 1. The summed E-state index contributed by atoms with van der Waals surface area (Å²) in [6.07, 6.45) is 5.66. The lowest BCUT2D eigenvalue weighted by Gasteiger charge is -2.59. The van der Waals surface area contributed by atoms with Gasteiger partial charge < -0.3 is 29.0 Å². The third-order valence-corrected chi connectivity index (χ3v) is 11.5. The van der Waals surface area contributed by atoms with Crippen molar-refractivity contribution in [1.29, 1.82) is 0 Å². The van der Waals surface area contributed by atoms with Gasteiger partial charge in [0.1, 0.15) is 11.5 Å². The van der Waals surface area contributed by atoms with Crippen molar-refractivity contribution in [2.24, 2.45) is 22.7 Å². The average Bonchev–Trinajstić information content (AvgIpc) is 3.55. The monoisotopic (exact) mass is 549 g/mol. The van der Waals surface area contributed by atoms with E-state index in [-0.39, 0.29) is 28.1 Å². The summed E-state index contributed by atoms with van der Waals surface area (Å²) in [6, 6.07) is 7.52. The maximum atomic E-state index is 13.5. The number of phenols is 1. The first kappa shape index (κ1) is 27.3. The number of epoxide rings is 1. The summed E-state index contributed by atoms with van der Waals surface area (Å²) in [5.41, 5.74) is 3.00. The van der Waals surface area contributed by atoms with Gasteiger partial charge in [0.15, 0.2) is 11.5 Å². The smallest absolute Gasteiger partial charge is 0.255 e. The Bertz CT molecular complexity index is 1360. The molecule has 7 heteroatoms. The van der Waals surface area contributed by atoms with Gasteiger partial charge in [-0.25, -0.2) is 0 Å². The van der Waals surface area contributed by atoms with E-state index in [1.807, 2.05) is 24.3 Å². The molecule has 2 aromatic carbocycles. The summed E-state index contributed by atoms with van der Waals surface area (Å²) in [6.45, 7) is 10.3.